The molecule has 2 aliphatic rings. The number of sulfone groups is 1. The van der Waals surface area contributed by atoms with Gasteiger partial charge in [-0.15, -0.1) is 0 Å². The summed E-state index contributed by atoms with van der Waals surface area (Å²) in [5.74, 6) is 0.988. The summed E-state index contributed by atoms with van der Waals surface area (Å²) in [5, 5.41) is -0.201. The van der Waals surface area contributed by atoms with E-state index in [4.69, 9.17) is 0 Å². The standard InChI is InChI=1S/C14H24O3S/c1-18(16,17)13-8-4-5-11(9-13)10-14(15)12-6-2-3-7-12/h11-13H,2-10H2,1H3. The molecule has 0 heterocycles. The maximum Gasteiger partial charge on any atom is 0.150 e. The van der Waals surface area contributed by atoms with Crippen molar-refractivity contribution in [2.45, 2.75) is 63.0 Å². The van der Waals surface area contributed by atoms with Crippen LogP contribution in [0.1, 0.15) is 57.8 Å². The molecule has 0 aromatic rings. The first-order chi connectivity index (χ1) is 8.47. The average molecular weight is 272 g/mol. The summed E-state index contributed by atoms with van der Waals surface area (Å²) in [6.45, 7) is 0. The van der Waals surface area contributed by atoms with Crippen LogP contribution in [0, 0.1) is 11.8 Å². The van der Waals surface area contributed by atoms with Crippen molar-refractivity contribution in [1.29, 1.82) is 0 Å². The van der Waals surface area contributed by atoms with Crippen molar-refractivity contribution >= 4 is 15.6 Å². The minimum Gasteiger partial charge on any atom is -0.299 e. The van der Waals surface area contributed by atoms with Gasteiger partial charge in [-0.3, -0.25) is 4.79 Å². The van der Waals surface area contributed by atoms with E-state index in [0.29, 0.717) is 24.5 Å². The van der Waals surface area contributed by atoms with E-state index in [1.807, 2.05) is 0 Å². The Bertz CT molecular complexity index is 393. The molecule has 0 bridgehead atoms. The Morgan fingerprint density at radius 1 is 1.06 bits per heavy atom. The average Bonchev–Trinajstić information content (AvgIpc) is 2.81. The Balaban J connectivity index is 1.87. The molecule has 0 saturated heterocycles. The van der Waals surface area contributed by atoms with E-state index in [9.17, 15) is 13.2 Å². The van der Waals surface area contributed by atoms with E-state index in [1.165, 1.54) is 19.1 Å². The Kier molecular flexibility index (Phi) is 4.46. The molecule has 0 radical (unpaired) electrons. The molecule has 0 amide bonds. The molecular weight excluding hydrogens is 248 g/mol. The number of hydrogen-bond donors (Lipinski definition) is 0. The lowest BCUT2D eigenvalue weighted by Crippen LogP contribution is -2.29. The molecular formula is C14H24O3S. The lowest BCUT2D eigenvalue weighted by molar-refractivity contribution is -0.123. The van der Waals surface area contributed by atoms with Crippen molar-refractivity contribution in [3.8, 4) is 0 Å². The van der Waals surface area contributed by atoms with Crippen molar-refractivity contribution in [3.05, 3.63) is 0 Å². The second kappa shape index (κ2) is 5.72. The van der Waals surface area contributed by atoms with Crippen molar-refractivity contribution in [2.75, 3.05) is 6.26 Å². The van der Waals surface area contributed by atoms with Crippen LogP contribution < -0.4 is 0 Å². The fourth-order valence-corrected chi connectivity index (χ4v) is 4.73. The summed E-state index contributed by atoms with van der Waals surface area (Å²) < 4.78 is 23.2. The van der Waals surface area contributed by atoms with Crippen LogP contribution in [-0.4, -0.2) is 25.7 Å². The highest BCUT2D eigenvalue weighted by Gasteiger charge is 2.31. The fourth-order valence-electron chi connectivity index (χ4n) is 3.51. The zero-order valence-corrected chi connectivity index (χ0v) is 12.0. The summed E-state index contributed by atoms with van der Waals surface area (Å²) >= 11 is 0. The summed E-state index contributed by atoms with van der Waals surface area (Å²) in [5.41, 5.74) is 0. The van der Waals surface area contributed by atoms with Gasteiger partial charge >= 0.3 is 0 Å². The zero-order chi connectivity index (χ0) is 13.2. The highest BCUT2D eigenvalue weighted by molar-refractivity contribution is 7.91. The van der Waals surface area contributed by atoms with Gasteiger partial charge in [-0.2, -0.15) is 0 Å². The van der Waals surface area contributed by atoms with Crippen LogP contribution in [0.2, 0.25) is 0 Å². The van der Waals surface area contributed by atoms with Gasteiger partial charge in [0.25, 0.3) is 0 Å². The molecule has 2 saturated carbocycles. The topological polar surface area (TPSA) is 51.2 Å². The number of ketones is 1. The molecule has 0 N–H and O–H groups in total. The van der Waals surface area contributed by atoms with Gasteiger partial charge in [0.15, 0.2) is 0 Å². The smallest absolute Gasteiger partial charge is 0.150 e. The third-order valence-electron chi connectivity index (χ3n) is 4.64. The van der Waals surface area contributed by atoms with Crippen LogP contribution in [0.3, 0.4) is 0 Å². The van der Waals surface area contributed by atoms with Gasteiger partial charge in [0.2, 0.25) is 0 Å². The van der Waals surface area contributed by atoms with Gasteiger partial charge in [-0.25, -0.2) is 8.42 Å². The molecule has 0 aromatic heterocycles. The lowest BCUT2D eigenvalue weighted by atomic mass is 9.83. The van der Waals surface area contributed by atoms with Gasteiger partial charge in [0.05, 0.1) is 5.25 Å². The van der Waals surface area contributed by atoms with Crippen LogP contribution in [-0.2, 0) is 14.6 Å². The third kappa shape index (κ3) is 3.56. The van der Waals surface area contributed by atoms with Crippen molar-refractivity contribution < 1.29 is 13.2 Å². The second-order valence-electron chi connectivity index (χ2n) is 6.14. The summed E-state index contributed by atoms with van der Waals surface area (Å²) in [6.07, 6.45) is 9.92. The van der Waals surface area contributed by atoms with E-state index < -0.39 is 9.84 Å². The number of carbonyl (C=O) groups is 1. The molecule has 3 nitrogen and oxygen atoms in total. The summed E-state index contributed by atoms with van der Waals surface area (Å²) in [6, 6.07) is 0. The van der Waals surface area contributed by atoms with Crippen molar-refractivity contribution in [3.63, 3.8) is 0 Å². The van der Waals surface area contributed by atoms with Crippen LogP contribution in [0.4, 0.5) is 0 Å². The molecule has 2 rings (SSSR count). The van der Waals surface area contributed by atoms with Gasteiger partial charge in [-0.05, 0) is 38.0 Å². The number of rotatable bonds is 4. The largest absolute Gasteiger partial charge is 0.299 e. The Hall–Kier alpha value is -0.380. The van der Waals surface area contributed by atoms with Crippen LogP contribution in [0.5, 0.6) is 0 Å². The van der Waals surface area contributed by atoms with Gasteiger partial charge < -0.3 is 0 Å². The summed E-state index contributed by atoms with van der Waals surface area (Å²) in [7, 11) is -2.92. The van der Waals surface area contributed by atoms with E-state index in [-0.39, 0.29) is 11.2 Å². The van der Waals surface area contributed by atoms with E-state index in [1.54, 1.807) is 0 Å². The third-order valence-corrected chi connectivity index (χ3v) is 6.28. The van der Waals surface area contributed by atoms with Gasteiger partial charge in [0, 0.05) is 18.6 Å². The molecule has 2 unspecified atom stereocenters. The molecule has 2 aliphatic carbocycles. The van der Waals surface area contributed by atoms with Gasteiger partial charge in [-0.1, -0.05) is 19.3 Å². The first kappa shape index (κ1) is 14.0. The molecule has 4 heteroatoms. The highest BCUT2D eigenvalue weighted by atomic mass is 32.2. The predicted molar refractivity (Wildman–Crippen MR) is 72.2 cm³/mol. The summed E-state index contributed by atoms with van der Waals surface area (Å²) in [4.78, 5) is 12.1. The first-order valence-electron chi connectivity index (χ1n) is 7.18. The van der Waals surface area contributed by atoms with Crippen molar-refractivity contribution in [2.24, 2.45) is 11.8 Å². The SMILES string of the molecule is CS(=O)(=O)C1CCCC(CC(=O)C2CCCC2)C1. The minimum absolute atomic E-state index is 0.201. The number of Topliss-reactive ketones (excluding diaryl/α,β-unsaturated/α-hetero) is 1. The molecule has 0 aliphatic heterocycles. The highest BCUT2D eigenvalue weighted by Crippen LogP contribution is 2.34. The second-order valence-corrected chi connectivity index (χ2v) is 8.46. The predicted octanol–water partition coefficient (Wildman–Crippen LogP) is 2.74. The quantitative estimate of drug-likeness (QED) is 0.790. The van der Waals surface area contributed by atoms with Crippen LogP contribution in [0.15, 0.2) is 0 Å². The van der Waals surface area contributed by atoms with E-state index >= 15 is 0 Å². The van der Waals surface area contributed by atoms with E-state index in [2.05, 4.69) is 0 Å². The maximum atomic E-state index is 12.1. The minimum atomic E-state index is -2.92. The molecule has 2 atom stereocenters. The monoisotopic (exact) mass is 272 g/mol. The zero-order valence-electron chi connectivity index (χ0n) is 11.2. The van der Waals surface area contributed by atoms with Crippen LogP contribution >= 0.6 is 0 Å². The van der Waals surface area contributed by atoms with Gasteiger partial charge in [0.1, 0.15) is 15.6 Å². The molecule has 2 fully saturated rings. The molecule has 104 valence electrons. The Morgan fingerprint density at radius 3 is 2.33 bits per heavy atom. The molecule has 0 aromatic carbocycles. The van der Waals surface area contributed by atoms with Crippen LogP contribution in [0.25, 0.3) is 0 Å². The van der Waals surface area contributed by atoms with Crippen molar-refractivity contribution in [1.82, 2.24) is 0 Å². The Labute approximate surface area is 110 Å². The number of hydrogen-bond acceptors (Lipinski definition) is 3. The Morgan fingerprint density at radius 2 is 1.72 bits per heavy atom. The number of carbonyl (C=O) groups excluding carboxylic acids is 1. The molecule has 0 spiro atoms. The first-order valence-corrected chi connectivity index (χ1v) is 9.14. The molecule has 18 heavy (non-hydrogen) atoms. The maximum absolute atomic E-state index is 12.1. The van der Waals surface area contributed by atoms with E-state index in [0.717, 1.165) is 32.1 Å². The lowest BCUT2D eigenvalue weighted by Gasteiger charge is -2.28. The fraction of sp³-hybridized carbons (Fsp3) is 0.929. The normalized spacial score (nSPS) is 30.5.